The molecule has 0 spiro atoms. The lowest BCUT2D eigenvalue weighted by Gasteiger charge is -2.07. The van der Waals surface area contributed by atoms with Gasteiger partial charge in [-0.1, -0.05) is 12.1 Å². The Labute approximate surface area is 85.2 Å². The molecule has 0 unspecified atom stereocenters. The molecule has 80 valence electrons. The van der Waals surface area contributed by atoms with Crippen LogP contribution in [0.5, 0.6) is 0 Å². The highest BCUT2D eigenvalue weighted by atomic mass is 32.2. The van der Waals surface area contributed by atoms with E-state index in [2.05, 4.69) is 0 Å². The molecule has 1 aromatic carbocycles. The van der Waals surface area contributed by atoms with Gasteiger partial charge in [0.05, 0.1) is 11.3 Å². The second-order valence-electron chi connectivity index (χ2n) is 2.57. The van der Waals surface area contributed by atoms with Gasteiger partial charge >= 0.3 is 5.76 Å². The van der Waals surface area contributed by atoms with Gasteiger partial charge in [0, 0.05) is 0 Å². The molecule has 15 heavy (non-hydrogen) atoms. The average molecular weight is 232 g/mol. The molecular weight excluding hydrogens is 226 g/mol. The summed E-state index contributed by atoms with van der Waals surface area (Å²) in [5, 5.41) is 8.58. The molecule has 0 radical (unpaired) electrons. The number of nitriles is 1. The van der Waals surface area contributed by atoms with E-state index >= 15 is 0 Å². The first-order valence-corrected chi connectivity index (χ1v) is 5.31. The minimum atomic E-state index is -4.72. The molecule has 0 aliphatic heterocycles. The maximum absolute atomic E-state index is 12.0. The number of nitrogens with one attached hydrogen (secondary N) is 1. The maximum atomic E-state index is 12.0. The van der Waals surface area contributed by atoms with Crippen LogP contribution in [0.3, 0.4) is 0 Å². The number of para-hydroxylation sites is 1. The van der Waals surface area contributed by atoms with Crippen LogP contribution in [0.2, 0.25) is 0 Å². The number of hydrogen-bond donors (Lipinski definition) is 1. The normalized spacial score (nSPS) is 11.1. The van der Waals surface area contributed by atoms with Gasteiger partial charge in [0.1, 0.15) is 6.07 Å². The number of rotatable bonds is 3. The Morgan fingerprint density at radius 3 is 2.47 bits per heavy atom. The van der Waals surface area contributed by atoms with Crippen molar-refractivity contribution in [2.75, 3.05) is 4.72 Å². The predicted molar refractivity (Wildman–Crippen MR) is 49.7 cm³/mol. The van der Waals surface area contributed by atoms with Crippen molar-refractivity contribution in [2.45, 2.75) is 5.76 Å². The molecule has 0 heterocycles. The minimum absolute atomic E-state index is 0.0123. The lowest BCUT2D eigenvalue weighted by atomic mass is 10.2. The summed E-state index contributed by atoms with van der Waals surface area (Å²) in [6, 6.07) is 7.18. The predicted octanol–water partition coefficient (Wildman–Crippen LogP) is 1.52. The van der Waals surface area contributed by atoms with E-state index in [1.807, 2.05) is 0 Å². The summed E-state index contributed by atoms with van der Waals surface area (Å²) in [6.45, 7) is 0. The third-order valence-corrected chi connectivity index (χ3v) is 2.51. The van der Waals surface area contributed by atoms with Crippen molar-refractivity contribution in [3.63, 3.8) is 0 Å². The van der Waals surface area contributed by atoms with Crippen molar-refractivity contribution < 1.29 is 17.2 Å². The van der Waals surface area contributed by atoms with Gasteiger partial charge in [-0.25, -0.2) is 8.42 Å². The van der Waals surface area contributed by atoms with E-state index in [4.69, 9.17) is 5.26 Å². The molecule has 1 rings (SSSR count). The van der Waals surface area contributed by atoms with Gasteiger partial charge in [0.2, 0.25) is 0 Å². The molecule has 0 saturated carbocycles. The highest BCUT2D eigenvalue weighted by Crippen LogP contribution is 2.17. The van der Waals surface area contributed by atoms with E-state index in [1.54, 1.807) is 10.8 Å². The van der Waals surface area contributed by atoms with Crippen LogP contribution in [0.15, 0.2) is 24.3 Å². The Balaban J connectivity index is 3.06. The third kappa shape index (κ3) is 2.63. The van der Waals surface area contributed by atoms with Crippen LogP contribution >= 0.6 is 0 Å². The van der Waals surface area contributed by atoms with Gasteiger partial charge in [0.25, 0.3) is 10.0 Å². The fourth-order valence-electron chi connectivity index (χ4n) is 0.867. The van der Waals surface area contributed by atoms with Crippen LogP contribution in [-0.4, -0.2) is 14.2 Å². The number of alkyl halides is 2. The topological polar surface area (TPSA) is 70.0 Å². The SMILES string of the molecule is N#Cc1ccccc1NS(=O)(=O)C(F)F. The second-order valence-corrected chi connectivity index (χ2v) is 4.22. The molecule has 7 heteroatoms. The summed E-state index contributed by atoms with van der Waals surface area (Å²) >= 11 is 0. The first kappa shape index (κ1) is 11.4. The minimum Gasteiger partial charge on any atom is -0.277 e. The maximum Gasteiger partial charge on any atom is 0.355 e. The van der Waals surface area contributed by atoms with Crippen molar-refractivity contribution in [1.82, 2.24) is 0 Å². The fourth-order valence-corrected chi connectivity index (χ4v) is 1.44. The zero-order chi connectivity index (χ0) is 11.5. The summed E-state index contributed by atoms with van der Waals surface area (Å²) in [4.78, 5) is 0. The number of halogens is 2. The monoisotopic (exact) mass is 232 g/mol. The molecule has 0 amide bonds. The summed E-state index contributed by atoms with van der Waals surface area (Å²) in [5.41, 5.74) is -0.165. The zero-order valence-electron chi connectivity index (χ0n) is 7.31. The summed E-state index contributed by atoms with van der Waals surface area (Å²) < 4.78 is 47.2. The molecule has 0 aromatic heterocycles. The summed E-state index contributed by atoms with van der Waals surface area (Å²) in [7, 11) is -4.72. The Hall–Kier alpha value is -1.68. The molecule has 0 aliphatic rings. The van der Waals surface area contributed by atoms with Crippen molar-refractivity contribution in [3.8, 4) is 6.07 Å². The highest BCUT2D eigenvalue weighted by Gasteiger charge is 2.24. The standard InChI is InChI=1S/C8H6F2N2O2S/c9-8(10)15(13,14)12-7-4-2-1-3-6(7)5-11/h1-4,8,12H. The van der Waals surface area contributed by atoms with Crippen molar-refractivity contribution in [1.29, 1.82) is 5.26 Å². The number of anilines is 1. The van der Waals surface area contributed by atoms with E-state index in [-0.39, 0.29) is 11.3 Å². The molecule has 0 aliphatic carbocycles. The van der Waals surface area contributed by atoms with Crippen molar-refractivity contribution in [2.24, 2.45) is 0 Å². The quantitative estimate of drug-likeness (QED) is 0.858. The van der Waals surface area contributed by atoms with Crippen LogP contribution < -0.4 is 4.72 Å². The molecule has 4 nitrogen and oxygen atoms in total. The molecule has 0 saturated heterocycles. The van der Waals surface area contributed by atoms with Gasteiger partial charge in [-0.3, -0.25) is 4.72 Å². The van der Waals surface area contributed by atoms with Gasteiger partial charge in [-0.05, 0) is 12.1 Å². The smallest absolute Gasteiger partial charge is 0.277 e. The van der Waals surface area contributed by atoms with Gasteiger partial charge in [-0.2, -0.15) is 14.0 Å². The van der Waals surface area contributed by atoms with E-state index < -0.39 is 15.8 Å². The van der Waals surface area contributed by atoms with Gasteiger partial charge < -0.3 is 0 Å². The Morgan fingerprint density at radius 1 is 1.33 bits per heavy atom. The number of nitrogens with zero attached hydrogens (tertiary/aromatic N) is 1. The van der Waals surface area contributed by atoms with Crippen molar-refractivity contribution in [3.05, 3.63) is 29.8 Å². The second kappa shape index (κ2) is 4.23. The first-order valence-electron chi connectivity index (χ1n) is 3.76. The molecule has 0 bridgehead atoms. The fraction of sp³-hybridized carbons (Fsp3) is 0.125. The molecule has 1 N–H and O–H groups in total. The van der Waals surface area contributed by atoms with Gasteiger partial charge in [0.15, 0.2) is 0 Å². The molecular formula is C8H6F2N2O2S. The highest BCUT2D eigenvalue weighted by molar-refractivity contribution is 7.93. The third-order valence-electron chi connectivity index (χ3n) is 1.53. The summed E-state index contributed by atoms with van der Waals surface area (Å²) in [6.07, 6.45) is 0. The Morgan fingerprint density at radius 2 is 1.93 bits per heavy atom. The van der Waals surface area contributed by atoms with Crippen LogP contribution in [0.1, 0.15) is 5.56 Å². The van der Waals surface area contributed by atoms with Crippen LogP contribution in [-0.2, 0) is 10.0 Å². The molecule has 0 fully saturated rings. The largest absolute Gasteiger partial charge is 0.355 e. The number of sulfonamides is 1. The Bertz CT molecular complexity index is 494. The summed E-state index contributed by atoms with van der Waals surface area (Å²) in [5.74, 6) is -3.52. The van der Waals surface area contributed by atoms with Gasteiger partial charge in [-0.15, -0.1) is 0 Å². The van der Waals surface area contributed by atoms with Crippen LogP contribution in [0.4, 0.5) is 14.5 Å². The first-order chi connectivity index (χ1) is 6.97. The Kier molecular flexibility index (Phi) is 3.21. The lowest BCUT2D eigenvalue weighted by molar-refractivity contribution is 0.236. The zero-order valence-corrected chi connectivity index (χ0v) is 8.13. The van der Waals surface area contributed by atoms with E-state index in [9.17, 15) is 17.2 Å². The molecule has 1 aromatic rings. The van der Waals surface area contributed by atoms with Crippen LogP contribution in [0.25, 0.3) is 0 Å². The number of benzene rings is 1. The number of hydrogen-bond acceptors (Lipinski definition) is 3. The van der Waals surface area contributed by atoms with E-state index in [0.717, 1.165) is 0 Å². The van der Waals surface area contributed by atoms with Crippen molar-refractivity contribution >= 4 is 15.7 Å². The van der Waals surface area contributed by atoms with E-state index in [1.165, 1.54) is 24.3 Å². The lowest BCUT2D eigenvalue weighted by Crippen LogP contribution is -2.21. The molecule has 0 atom stereocenters. The average Bonchev–Trinajstić information content (AvgIpc) is 2.18. The van der Waals surface area contributed by atoms with E-state index in [0.29, 0.717) is 0 Å². The van der Waals surface area contributed by atoms with Crippen LogP contribution in [0, 0.1) is 11.3 Å².